The summed E-state index contributed by atoms with van der Waals surface area (Å²) >= 11 is 15.5. The van der Waals surface area contributed by atoms with Gasteiger partial charge in [-0.3, -0.25) is 14.9 Å². The zero-order chi connectivity index (χ0) is 21.4. The molecular weight excluding hydrogens is 493 g/mol. The van der Waals surface area contributed by atoms with Crippen molar-refractivity contribution in [1.82, 2.24) is 9.88 Å². The number of nitrogens with one attached hydrogen (secondary N) is 1. The van der Waals surface area contributed by atoms with E-state index in [1.165, 1.54) is 24.3 Å². The molecule has 0 unspecified atom stereocenters. The smallest absolute Gasteiger partial charge is 0.317 e. The Morgan fingerprint density at radius 3 is 2.40 bits per heavy atom. The van der Waals surface area contributed by atoms with Crippen LogP contribution in [0.1, 0.15) is 5.69 Å². The van der Waals surface area contributed by atoms with E-state index < -0.39 is 17.8 Å². The largest absolute Gasteiger partial charge is 0.335 e. The molecule has 0 spiro atoms. The number of aromatic nitrogens is 1. The quantitative estimate of drug-likeness (QED) is 0.393. The number of carbonyl (C=O) groups excluding carboxylic acids is 3. The Hall–Kier alpha value is -2.87. The Morgan fingerprint density at radius 2 is 1.70 bits per heavy atom. The molecular formula is C21H12BrCl2N3O3. The maximum atomic E-state index is 13.1. The molecule has 1 aromatic heterocycles. The number of carbonyl (C=O) groups is 3. The maximum Gasteiger partial charge on any atom is 0.335 e. The Labute approximate surface area is 189 Å². The van der Waals surface area contributed by atoms with Gasteiger partial charge < -0.3 is 4.57 Å². The van der Waals surface area contributed by atoms with E-state index in [0.717, 1.165) is 15.1 Å². The van der Waals surface area contributed by atoms with Crippen molar-refractivity contribution in [2.45, 2.75) is 0 Å². The van der Waals surface area contributed by atoms with E-state index in [4.69, 9.17) is 23.2 Å². The highest BCUT2D eigenvalue weighted by atomic mass is 79.9. The van der Waals surface area contributed by atoms with Crippen LogP contribution in [0.25, 0.3) is 11.8 Å². The van der Waals surface area contributed by atoms with Crippen LogP contribution in [-0.4, -0.2) is 22.4 Å². The average molecular weight is 505 g/mol. The molecule has 9 heteroatoms. The maximum absolute atomic E-state index is 13.1. The topological polar surface area (TPSA) is 71.4 Å². The average Bonchev–Trinajstić information content (AvgIpc) is 3.15. The minimum absolute atomic E-state index is 0.109. The van der Waals surface area contributed by atoms with Gasteiger partial charge in [0.25, 0.3) is 11.8 Å². The number of imide groups is 2. The third-order valence-electron chi connectivity index (χ3n) is 4.43. The number of hydrogen-bond donors (Lipinski definition) is 1. The van der Waals surface area contributed by atoms with Crippen molar-refractivity contribution < 1.29 is 14.4 Å². The highest BCUT2D eigenvalue weighted by Crippen LogP contribution is 2.31. The predicted octanol–water partition coefficient (Wildman–Crippen LogP) is 5.21. The zero-order valence-corrected chi connectivity index (χ0v) is 18.2. The molecule has 0 aliphatic carbocycles. The van der Waals surface area contributed by atoms with Gasteiger partial charge in [-0.1, -0.05) is 39.1 Å². The molecule has 4 amide bonds. The third-order valence-corrected chi connectivity index (χ3v) is 5.50. The molecule has 30 heavy (non-hydrogen) atoms. The fourth-order valence-electron chi connectivity index (χ4n) is 3.04. The molecule has 1 aliphatic rings. The Morgan fingerprint density at radius 1 is 0.967 bits per heavy atom. The van der Waals surface area contributed by atoms with Crippen molar-refractivity contribution in [3.8, 4) is 5.69 Å². The number of amides is 4. The van der Waals surface area contributed by atoms with Crippen molar-refractivity contribution in [1.29, 1.82) is 0 Å². The molecule has 0 bridgehead atoms. The van der Waals surface area contributed by atoms with Crippen LogP contribution in [0.4, 0.5) is 10.5 Å². The molecule has 4 rings (SSSR count). The van der Waals surface area contributed by atoms with Gasteiger partial charge in [0.15, 0.2) is 0 Å². The van der Waals surface area contributed by atoms with Gasteiger partial charge in [-0.05, 0) is 60.7 Å². The molecule has 150 valence electrons. The first-order valence-corrected chi connectivity index (χ1v) is 10.2. The fourth-order valence-corrected chi connectivity index (χ4v) is 3.79. The molecule has 0 saturated carbocycles. The number of anilines is 1. The minimum atomic E-state index is -0.880. The summed E-state index contributed by atoms with van der Waals surface area (Å²) in [4.78, 5) is 38.7. The lowest BCUT2D eigenvalue weighted by Crippen LogP contribution is -2.54. The van der Waals surface area contributed by atoms with E-state index in [-0.39, 0.29) is 16.3 Å². The molecule has 0 radical (unpaired) electrons. The van der Waals surface area contributed by atoms with E-state index in [1.807, 2.05) is 28.8 Å². The molecule has 2 aromatic carbocycles. The number of benzene rings is 2. The van der Waals surface area contributed by atoms with Crippen molar-refractivity contribution in [3.05, 3.63) is 86.6 Å². The second kappa shape index (κ2) is 8.10. The van der Waals surface area contributed by atoms with Gasteiger partial charge in [0.1, 0.15) is 5.57 Å². The second-order valence-corrected chi connectivity index (χ2v) is 8.09. The standard InChI is InChI=1S/C21H12BrCl2N3O3/c22-12-3-6-14(7-4-12)26-9-1-2-15(26)11-16-19(28)25-21(30)27(20(16)29)18-8-5-13(23)10-17(18)24/h1-11H,(H,25,28,30)/b16-11+. The van der Waals surface area contributed by atoms with Crippen molar-refractivity contribution in [3.63, 3.8) is 0 Å². The van der Waals surface area contributed by atoms with Crippen LogP contribution in [-0.2, 0) is 9.59 Å². The number of hydrogen-bond acceptors (Lipinski definition) is 3. The second-order valence-electron chi connectivity index (χ2n) is 6.33. The number of halogens is 3. The molecule has 1 fully saturated rings. The van der Waals surface area contributed by atoms with Crippen molar-refractivity contribution in [2.24, 2.45) is 0 Å². The van der Waals surface area contributed by atoms with Crippen LogP contribution in [0.15, 0.2) is 70.8 Å². The normalized spacial score (nSPS) is 15.6. The predicted molar refractivity (Wildman–Crippen MR) is 119 cm³/mol. The SMILES string of the molecule is O=C1NC(=O)N(c2ccc(Cl)cc2Cl)C(=O)/C1=C/c1cccn1-c1ccc(Br)cc1. The van der Waals surface area contributed by atoms with Crippen molar-refractivity contribution in [2.75, 3.05) is 4.90 Å². The summed E-state index contributed by atoms with van der Waals surface area (Å²) in [5.74, 6) is -1.56. The first-order chi connectivity index (χ1) is 14.3. The van der Waals surface area contributed by atoms with Gasteiger partial charge in [-0.2, -0.15) is 0 Å². The summed E-state index contributed by atoms with van der Waals surface area (Å²) in [6.45, 7) is 0. The van der Waals surface area contributed by atoms with Gasteiger partial charge >= 0.3 is 6.03 Å². The molecule has 3 aromatic rings. The van der Waals surface area contributed by atoms with E-state index in [1.54, 1.807) is 18.3 Å². The summed E-state index contributed by atoms with van der Waals surface area (Å²) in [5, 5.41) is 2.64. The molecule has 1 saturated heterocycles. The molecule has 1 N–H and O–H groups in total. The first-order valence-electron chi connectivity index (χ1n) is 8.65. The van der Waals surface area contributed by atoms with Gasteiger partial charge in [0.2, 0.25) is 0 Å². The number of urea groups is 1. The van der Waals surface area contributed by atoms with Crippen LogP contribution >= 0.6 is 39.1 Å². The monoisotopic (exact) mass is 503 g/mol. The lowest BCUT2D eigenvalue weighted by atomic mass is 10.1. The molecule has 6 nitrogen and oxygen atoms in total. The van der Waals surface area contributed by atoms with E-state index in [9.17, 15) is 14.4 Å². The first kappa shape index (κ1) is 20.4. The Bertz CT molecular complexity index is 1220. The summed E-state index contributed by atoms with van der Waals surface area (Å²) in [6.07, 6.45) is 3.24. The fraction of sp³-hybridized carbons (Fsp3) is 0. The van der Waals surface area contributed by atoms with Crippen LogP contribution in [0.5, 0.6) is 0 Å². The van der Waals surface area contributed by atoms with Gasteiger partial charge in [0, 0.05) is 27.1 Å². The van der Waals surface area contributed by atoms with Crippen LogP contribution in [0, 0.1) is 0 Å². The lowest BCUT2D eigenvalue weighted by Gasteiger charge is -2.27. The molecule has 2 heterocycles. The van der Waals surface area contributed by atoms with Crippen LogP contribution in [0.2, 0.25) is 10.0 Å². The Kier molecular flexibility index (Phi) is 5.51. The van der Waals surface area contributed by atoms with E-state index in [0.29, 0.717) is 10.7 Å². The summed E-state index contributed by atoms with van der Waals surface area (Å²) in [5.41, 5.74) is 1.36. The van der Waals surface area contributed by atoms with Crippen LogP contribution < -0.4 is 10.2 Å². The summed E-state index contributed by atoms with van der Waals surface area (Å²) in [7, 11) is 0. The number of nitrogens with zero attached hydrogens (tertiary/aromatic N) is 2. The number of barbiturate groups is 1. The minimum Gasteiger partial charge on any atom is -0.317 e. The summed E-state index contributed by atoms with van der Waals surface area (Å²) < 4.78 is 2.74. The van der Waals surface area contributed by atoms with Gasteiger partial charge in [-0.15, -0.1) is 0 Å². The number of rotatable bonds is 3. The van der Waals surface area contributed by atoms with Crippen molar-refractivity contribution >= 4 is 68.7 Å². The highest BCUT2D eigenvalue weighted by Gasteiger charge is 2.37. The van der Waals surface area contributed by atoms with Crippen LogP contribution in [0.3, 0.4) is 0 Å². The van der Waals surface area contributed by atoms with E-state index in [2.05, 4.69) is 21.2 Å². The third kappa shape index (κ3) is 3.79. The van der Waals surface area contributed by atoms with E-state index >= 15 is 0 Å². The van der Waals surface area contributed by atoms with Gasteiger partial charge in [-0.25, -0.2) is 9.69 Å². The zero-order valence-electron chi connectivity index (χ0n) is 15.1. The highest BCUT2D eigenvalue weighted by molar-refractivity contribution is 9.10. The molecule has 0 atom stereocenters. The Balaban J connectivity index is 1.76. The molecule has 1 aliphatic heterocycles. The summed E-state index contributed by atoms with van der Waals surface area (Å²) in [6, 6.07) is 14.6. The lowest BCUT2D eigenvalue weighted by molar-refractivity contribution is -0.122. The van der Waals surface area contributed by atoms with Gasteiger partial charge in [0.05, 0.1) is 10.7 Å².